The number of hydrogen-bond acceptors (Lipinski definition) is 3. The Morgan fingerprint density at radius 1 is 1.58 bits per heavy atom. The molecule has 70 valence electrons. The first-order valence-electron chi connectivity index (χ1n) is 3.92. The Hall–Kier alpha value is -0.580. The normalized spacial score (nSPS) is 33.4. The number of rotatable bonds is 2. The third-order valence-electron chi connectivity index (χ3n) is 2.55. The maximum absolute atomic E-state index is 11.4. The van der Waals surface area contributed by atoms with Gasteiger partial charge in [-0.05, 0) is 19.3 Å². The van der Waals surface area contributed by atoms with Crippen molar-refractivity contribution in [3.05, 3.63) is 0 Å². The van der Waals surface area contributed by atoms with E-state index in [4.69, 9.17) is 5.11 Å². The predicted molar refractivity (Wildman–Crippen MR) is 43.7 cm³/mol. The number of carboxylic acid groups (broad SMARTS) is 1. The van der Waals surface area contributed by atoms with Crippen LogP contribution in [0.25, 0.3) is 0 Å². The van der Waals surface area contributed by atoms with Crippen molar-refractivity contribution in [2.75, 3.05) is 5.75 Å². The van der Waals surface area contributed by atoms with Crippen LogP contribution in [0.15, 0.2) is 0 Å². The molecular weight excluding hydrogens is 180 g/mol. The summed E-state index contributed by atoms with van der Waals surface area (Å²) in [7, 11) is -3.40. The summed E-state index contributed by atoms with van der Waals surface area (Å²) in [6, 6.07) is 0. The fourth-order valence-corrected chi connectivity index (χ4v) is 3.76. The highest BCUT2D eigenvalue weighted by molar-refractivity contribution is 7.93. The summed E-state index contributed by atoms with van der Waals surface area (Å²) in [5.41, 5.74) is 0. The Labute approximate surface area is 71.5 Å². The molecule has 1 aliphatic heterocycles. The van der Waals surface area contributed by atoms with Crippen molar-refractivity contribution in [3.63, 3.8) is 0 Å². The smallest absolute Gasteiger partial charge is 0.325 e. The second-order valence-electron chi connectivity index (χ2n) is 3.08. The Morgan fingerprint density at radius 2 is 2.17 bits per heavy atom. The number of aliphatic carboxylic acids is 1. The third-order valence-corrected chi connectivity index (χ3v) is 5.23. The van der Waals surface area contributed by atoms with Crippen LogP contribution >= 0.6 is 0 Å². The van der Waals surface area contributed by atoms with Crippen LogP contribution in [0.3, 0.4) is 0 Å². The zero-order valence-corrected chi connectivity index (χ0v) is 7.73. The lowest BCUT2D eigenvalue weighted by molar-refractivity contribution is -0.140. The fraction of sp³-hybridized carbons (Fsp3) is 0.857. The van der Waals surface area contributed by atoms with Crippen molar-refractivity contribution in [1.29, 1.82) is 0 Å². The SMILES string of the molecule is CCC1(C(=O)O)CCCS1(=O)=O. The molecule has 1 unspecified atom stereocenters. The van der Waals surface area contributed by atoms with E-state index in [2.05, 4.69) is 0 Å². The molecule has 0 aromatic heterocycles. The molecule has 1 saturated heterocycles. The van der Waals surface area contributed by atoms with Crippen LogP contribution in [0.4, 0.5) is 0 Å². The third kappa shape index (κ3) is 1.03. The molecule has 1 fully saturated rings. The van der Waals surface area contributed by atoms with E-state index in [1.165, 1.54) is 0 Å². The Kier molecular flexibility index (Phi) is 2.16. The average molecular weight is 192 g/mol. The highest BCUT2D eigenvalue weighted by Gasteiger charge is 2.52. The van der Waals surface area contributed by atoms with Gasteiger partial charge in [0.1, 0.15) is 0 Å². The molecular formula is C7H12O4S. The van der Waals surface area contributed by atoms with Gasteiger partial charge in [0.2, 0.25) is 0 Å². The first-order chi connectivity index (χ1) is 5.46. The highest BCUT2D eigenvalue weighted by atomic mass is 32.2. The van der Waals surface area contributed by atoms with Gasteiger partial charge in [0.25, 0.3) is 0 Å². The molecule has 4 nitrogen and oxygen atoms in total. The highest BCUT2D eigenvalue weighted by Crippen LogP contribution is 2.35. The van der Waals surface area contributed by atoms with Crippen LogP contribution in [0.1, 0.15) is 26.2 Å². The molecule has 0 radical (unpaired) electrons. The molecule has 1 N–H and O–H groups in total. The second-order valence-corrected chi connectivity index (χ2v) is 5.49. The topological polar surface area (TPSA) is 71.4 Å². The lowest BCUT2D eigenvalue weighted by Crippen LogP contribution is -2.42. The monoisotopic (exact) mass is 192 g/mol. The quantitative estimate of drug-likeness (QED) is 0.688. The van der Waals surface area contributed by atoms with Crippen molar-refractivity contribution in [2.24, 2.45) is 0 Å². The molecule has 1 atom stereocenters. The Balaban J connectivity index is 3.18. The van der Waals surface area contributed by atoms with E-state index in [1.54, 1.807) is 6.92 Å². The first-order valence-corrected chi connectivity index (χ1v) is 5.57. The molecule has 1 heterocycles. The second kappa shape index (κ2) is 2.73. The van der Waals surface area contributed by atoms with Gasteiger partial charge in [-0.2, -0.15) is 0 Å². The van der Waals surface area contributed by atoms with E-state index in [-0.39, 0.29) is 18.6 Å². The van der Waals surface area contributed by atoms with Gasteiger partial charge in [-0.1, -0.05) is 6.92 Å². The summed E-state index contributed by atoms with van der Waals surface area (Å²) < 4.78 is 21.3. The van der Waals surface area contributed by atoms with Gasteiger partial charge >= 0.3 is 5.97 Å². The number of carboxylic acids is 1. The zero-order chi connectivity index (χ0) is 9.41. The standard InChI is InChI=1S/C7H12O4S/c1-2-7(6(8)9)4-3-5-12(7,10)11/h2-5H2,1H3,(H,8,9). The van der Waals surface area contributed by atoms with Gasteiger partial charge in [-0.15, -0.1) is 0 Å². The van der Waals surface area contributed by atoms with Crippen LogP contribution in [-0.2, 0) is 14.6 Å². The Morgan fingerprint density at radius 3 is 2.33 bits per heavy atom. The molecule has 0 bridgehead atoms. The van der Waals surface area contributed by atoms with E-state index in [0.717, 1.165) is 0 Å². The van der Waals surface area contributed by atoms with Gasteiger partial charge in [-0.3, -0.25) is 4.79 Å². The molecule has 12 heavy (non-hydrogen) atoms. The van der Waals surface area contributed by atoms with Crippen LogP contribution in [0, 0.1) is 0 Å². The number of hydrogen-bond donors (Lipinski definition) is 1. The van der Waals surface area contributed by atoms with Gasteiger partial charge in [0, 0.05) is 0 Å². The number of carbonyl (C=O) groups is 1. The van der Waals surface area contributed by atoms with Crippen LogP contribution in [0.2, 0.25) is 0 Å². The van der Waals surface area contributed by atoms with Crippen molar-refractivity contribution in [2.45, 2.75) is 30.9 Å². The summed E-state index contributed by atoms with van der Waals surface area (Å²) in [6.45, 7) is 1.61. The summed E-state index contributed by atoms with van der Waals surface area (Å²) in [5.74, 6) is -1.17. The minimum absolute atomic E-state index is 0.0210. The zero-order valence-electron chi connectivity index (χ0n) is 6.91. The lowest BCUT2D eigenvalue weighted by Gasteiger charge is -2.20. The molecule has 1 rings (SSSR count). The predicted octanol–water partition coefficient (Wildman–Crippen LogP) is 0.428. The fourth-order valence-electron chi connectivity index (χ4n) is 1.69. The van der Waals surface area contributed by atoms with E-state index in [9.17, 15) is 13.2 Å². The van der Waals surface area contributed by atoms with Gasteiger partial charge < -0.3 is 5.11 Å². The summed E-state index contributed by atoms with van der Waals surface area (Å²) >= 11 is 0. The average Bonchev–Trinajstić information content (AvgIpc) is 2.25. The van der Waals surface area contributed by atoms with E-state index >= 15 is 0 Å². The summed E-state index contributed by atoms with van der Waals surface area (Å²) in [6.07, 6.45) is 0.911. The molecule has 0 spiro atoms. The van der Waals surface area contributed by atoms with Crippen molar-refractivity contribution in [1.82, 2.24) is 0 Å². The Bertz CT molecular complexity index is 293. The molecule has 1 aliphatic rings. The van der Waals surface area contributed by atoms with Crippen LogP contribution < -0.4 is 0 Å². The number of sulfone groups is 1. The molecule has 0 saturated carbocycles. The first kappa shape index (κ1) is 9.51. The van der Waals surface area contributed by atoms with Crippen LogP contribution in [-0.4, -0.2) is 30.0 Å². The van der Waals surface area contributed by atoms with E-state index < -0.39 is 20.6 Å². The largest absolute Gasteiger partial charge is 0.480 e. The van der Waals surface area contributed by atoms with Gasteiger partial charge in [-0.25, -0.2) is 8.42 Å². The maximum atomic E-state index is 11.4. The molecule has 0 aliphatic carbocycles. The lowest BCUT2D eigenvalue weighted by atomic mass is 10.0. The minimum atomic E-state index is -3.40. The molecule has 0 aromatic rings. The maximum Gasteiger partial charge on any atom is 0.325 e. The van der Waals surface area contributed by atoms with Crippen LogP contribution in [0.5, 0.6) is 0 Å². The minimum Gasteiger partial charge on any atom is -0.480 e. The molecule has 0 aromatic carbocycles. The van der Waals surface area contributed by atoms with Crippen molar-refractivity contribution >= 4 is 15.8 Å². The summed E-state index contributed by atoms with van der Waals surface area (Å²) in [5, 5.41) is 8.82. The molecule has 5 heteroatoms. The van der Waals surface area contributed by atoms with Gasteiger partial charge in [0.15, 0.2) is 14.6 Å². The van der Waals surface area contributed by atoms with Gasteiger partial charge in [0.05, 0.1) is 5.75 Å². The van der Waals surface area contributed by atoms with Crippen molar-refractivity contribution < 1.29 is 18.3 Å². The van der Waals surface area contributed by atoms with E-state index in [0.29, 0.717) is 6.42 Å². The van der Waals surface area contributed by atoms with E-state index in [1.807, 2.05) is 0 Å². The summed E-state index contributed by atoms with van der Waals surface area (Å²) in [4.78, 5) is 10.8. The molecule has 0 amide bonds. The van der Waals surface area contributed by atoms with Crippen molar-refractivity contribution in [3.8, 4) is 0 Å².